The van der Waals surface area contributed by atoms with Gasteiger partial charge in [0.15, 0.2) is 11.5 Å². The molecular weight excluding hydrogens is 521 g/mol. The highest BCUT2D eigenvalue weighted by atomic mass is 19.3. The van der Waals surface area contributed by atoms with Gasteiger partial charge in [-0.05, 0) is 36.2 Å². The number of hydrogen-bond donors (Lipinski definition) is 3. The fourth-order valence-corrected chi connectivity index (χ4v) is 6.62. The Bertz CT molecular complexity index is 1510. The second-order valence-electron chi connectivity index (χ2n) is 12.5. The lowest BCUT2D eigenvalue weighted by Crippen LogP contribution is -2.34. The molecule has 40 heavy (non-hydrogen) atoms. The lowest BCUT2D eigenvalue weighted by molar-refractivity contribution is -0.286. The van der Waals surface area contributed by atoms with E-state index in [2.05, 4.69) is 14.8 Å². The Morgan fingerprint density at radius 1 is 1.02 bits per heavy atom. The zero-order chi connectivity index (χ0) is 29.5. The van der Waals surface area contributed by atoms with E-state index in [0.29, 0.717) is 29.4 Å². The highest BCUT2D eigenvalue weighted by molar-refractivity contribution is 6.65. The number of aryl methyl sites for hydroxylation is 1. The Kier molecular flexibility index (Phi) is 6.43. The van der Waals surface area contributed by atoms with Crippen molar-refractivity contribution in [3.8, 4) is 11.5 Å². The average Bonchev–Trinajstić information content (AvgIpc) is 3.17. The largest absolute Gasteiger partial charge is 0.586 e. The number of rotatable bonds is 8. The molecule has 3 aromatic rings. The number of hydrogen-bond acceptors (Lipinski definition) is 5. The lowest BCUT2D eigenvalue weighted by atomic mass is 9.49. The van der Waals surface area contributed by atoms with Gasteiger partial charge in [0, 0.05) is 35.7 Å². The summed E-state index contributed by atoms with van der Waals surface area (Å²) in [6.45, 7) is 4.00. The molecule has 208 valence electrons. The first kappa shape index (κ1) is 28.5. The third-order valence-corrected chi connectivity index (χ3v) is 9.42. The molecule has 0 saturated heterocycles. The highest BCUT2D eigenvalue weighted by Gasteiger charge is 2.79. The average molecular weight is 552 g/mol. The van der Waals surface area contributed by atoms with Gasteiger partial charge in [-0.25, -0.2) is 4.39 Å². The van der Waals surface area contributed by atoms with E-state index < -0.39 is 39.3 Å². The van der Waals surface area contributed by atoms with E-state index in [1.807, 2.05) is 55.9 Å². The van der Waals surface area contributed by atoms with Gasteiger partial charge < -0.3 is 29.6 Å². The predicted octanol–water partition coefficient (Wildman–Crippen LogP) is 0.409. The number of carbonyl (C=O) groups excluding carboxylic acids is 1. The summed E-state index contributed by atoms with van der Waals surface area (Å²) in [5, 5.41) is 21.6. The van der Waals surface area contributed by atoms with Crippen LogP contribution in [0.25, 0.3) is 10.9 Å². The van der Waals surface area contributed by atoms with Gasteiger partial charge in [0.25, 0.3) is 0 Å². The van der Waals surface area contributed by atoms with E-state index >= 15 is 4.39 Å². The van der Waals surface area contributed by atoms with Crippen LogP contribution in [0.5, 0.6) is 11.5 Å². The summed E-state index contributed by atoms with van der Waals surface area (Å²) < 4.78 is 54.1. The van der Waals surface area contributed by atoms with Crippen LogP contribution in [0.3, 0.4) is 0 Å². The molecule has 1 aromatic heterocycles. The predicted molar refractivity (Wildman–Crippen MR) is 156 cm³/mol. The number of fused-ring (bicyclic) bond motifs is 2. The van der Waals surface area contributed by atoms with Crippen molar-refractivity contribution in [2.24, 2.45) is 0 Å². The summed E-state index contributed by atoms with van der Waals surface area (Å²) >= 11 is 0. The summed E-state index contributed by atoms with van der Waals surface area (Å²) in [5.74, 6) is -1.40. The highest BCUT2D eigenvalue weighted by Crippen LogP contribution is 2.83. The van der Waals surface area contributed by atoms with Gasteiger partial charge in [-0.15, -0.1) is 8.78 Å². The number of amides is 1. The topological polar surface area (TPSA) is 93.0 Å². The number of carbonyl (C=O) groups is 1. The lowest BCUT2D eigenvalue weighted by Gasteiger charge is -2.24. The molecule has 0 bridgehead atoms. The smallest absolute Gasteiger partial charge is 0.396 e. The summed E-state index contributed by atoms with van der Waals surface area (Å²) in [7, 11) is 7.65. The van der Waals surface area contributed by atoms with Gasteiger partial charge >= 0.3 is 6.29 Å². The molecule has 0 atom stereocenters. The minimum Gasteiger partial charge on any atom is -0.396 e. The fourth-order valence-electron chi connectivity index (χ4n) is 6.62. The fraction of sp³-hybridized carbons (Fsp3) is 0.423. The zero-order valence-electron chi connectivity index (χ0n) is 23.5. The number of alkyl halides is 2. The first-order valence-corrected chi connectivity index (χ1v) is 13.3. The molecule has 7 nitrogen and oxygen atoms in total. The number of benzene rings is 2. The minimum atomic E-state index is -3.79. The van der Waals surface area contributed by atoms with Crippen molar-refractivity contribution in [1.29, 1.82) is 0 Å². The minimum absolute atomic E-state index is 0.0182. The molecular formula is C26H31B4F3N2O5. The third kappa shape index (κ3) is 3.89. The first-order chi connectivity index (χ1) is 18.5. The van der Waals surface area contributed by atoms with E-state index in [4.69, 9.17) is 0 Å². The maximum Gasteiger partial charge on any atom is 0.586 e. The van der Waals surface area contributed by atoms with Crippen LogP contribution in [0.2, 0.25) is 10.4 Å². The van der Waals surface area contributed by atoms with Crippen molar-refractivity contribution in [2.45, 2.75) is 54.4 Å². The molecule has 0 unspecified atom stereocenters. The van der Waals surface area contributed by atoms with E-state index in [1.165, 1.54) is 18.2 Å². The van der Waals surface area contributed by atoms with Gasteiger partial charge in [0.2, 0.25) is 5.91 Å². The standard InChI is InChI=1S/C26H31B4F3N2O5/c1-22(2,12-37)20-9-13-8-16(15(31)11-17(13)35(20)6-3-7-36)34-21(38)23(24(27,28)25(23,29)30)14-4-5-18-19(10-14)40-26(32,33)39-18/h4-5,8-11,36-37H,3,6-7,12,27-30H2,1-2H3,(H,34,38). The van der Waals surface area contributed by atoms with Gasteiger partial charge in [-0.1, -0.05) is 30.3 Å². The van der Waals surface area contributed by atoms with Crippen LogP contribution in [-0.4, -0.2) is 71.6 Å². The number of ether oxygens (including phenoxy) is 2. The van der Waals surface area contributed by atoms with Gasteiger partial charge in [-0.3, -0.25) is 4.79 Å². The molecule has 0 spiro atoms. The summed E-state index contributed by atoms with van der Waals surface area (Å²) in [6.07, 6.45) is -3.34. The number of anilines is 1. The van der Waals surface area contributed by atoms with E-state index in [1.54, 1.807) is 12.1 Å². The van der Waals surface area contributed by atoms with Crippen LogP contribution in [0.15, 0.2) is 36.4 Å². The SMILES string of the molecule is BC1(B)C(B)(B)C1(C(=O)Nc1cc2cc(C(C)(C)CO)n(CCCO)c2cc1F)c1ccc2c(c1)OC(F)(F)O2. The second-order valence-corrected chi connectivity index (χ2v) is 12.5. The molecule has 5 rings (SSSR count). The molecule has 1 aliphatic heterocycles. The number of halogens is 3. The zero-order valence-corrected chi connectivity index (χ0v) is 23.5. The molecule has 2 aromatic carbocycles. The normalized spacial score (nSPS) is 19.5. The van der Waals surface area contributed by atoms with Crippen molar-refractivity contribution in [1.82, 2.24) is 4.57 Å². The summed E-state index contributed by atoms with van der Waals surface area (Å²) in [5.41, 5.74) is -0.0110. The monoisotopic (exact) mass is 552 g/mol. The molecule has 1 aliphatic carbocycles. The maximum atomic E-state index is 15.6. The quantitative estimate of drug-likeness (QED) is 0.353. The van der Waals surface area contributed by atoms with Gasteiger partial charge in [0.1, 0.15) is 5.82 Å². The molecule has 1 saturated carbocycles. The number of aliphatic hydroxyl groups is 2. The molecule has 1 amide bonds. The first-order valence-electron chi connectivity index (χ1n) is 13.3. The van der Waals surface area contributed by atoms with Crippen LogP contribution in [-0.2, 0) is 22.2 Å². The van der Waals surface area contributed by atoms with Crippen molar-refractivity contribution in [2.75, 3.05) is 18.5 Å². The van der Waals surface area contributed by atoms with Gasteiger partial charge in [-0.2, -0.15) is 0 Å². The Labute approximate surface area is 234 Å². The number of aliphatic hydroxyl groups excluding tert-OH is 2. The van der Waals surface area contributed by atoms with Gasteiger partial charge in [0.05, 0.1) is 54.6 Å². The molecule has 2 aliphatic rings. The number of aromatic nitrogens is 1. The van der Waals surface area contributed by atoms with Crippen molar-refractivity contribution in [3.05, 3.63) is 53.5 Å². The van der Waals surface area contributed by atoms with Crippen LogP contribution in [0, 0.1) is 5.82 Å². The van der Waals surface area contributed by atoms with Crippen LogP contribution < -0.4 is 14.8 Å². The molecule has 2 heterocycles. The van der Waals surface area contributed by atoms with E-state index in [-0.39, 0.29) is 30.4 Å². The molecule has 3 N–H and O–H groups in total. The Balaban J connectivity index is 1.56. The summed E-state index contributed by atoms with van der Waals surface area (Å²) in [4.78, 5) is 14.1. The van der Waals surface area contributed by atoms with Crippen LogP contribution in [0.1, 0.15) is 31.5 Å². The molecule has 14 heteroatoms. The van der Waals surface area contributed by atoms with Crippen LogP contribution >= 0.6 is 0 Å². The maximum absolute atomic E-state index is 15.6. The van der Waals surface area contributed by atoms with Crippen molar-refractivity contribution >= 4 is 53.9 Å². The van der Waals surface area contributed by atoms with Crippen molar-refractivity contribution in [3.63, 3.8) is 0 Å². The number of nitrogens with one attached hydrogen (secondary N) is 1. The second kappa shape index (κ2) is 9.01. The van der Waals surface area contributed by atoms with Crippen molar-refractivity contribution < 1.29 is 37.7 Å². The Hall–Kier alpha value is -2.98. The van der Waals surface area contributed by atoms with Crippen LogP contribution in [0.4, 0.5) is 18.9 Å². The molecule has 0 radical (unpaired) electrons. The van der Waals surface area contributed by atoms with E-state index in [9.17, 15) is 23.8 Å². The number of nitrogens with zero attached hydrogens (tertiary/aromatic N) is 1. The third-order valence-electron chi connectivity index (χ3n) is 9.42. The van der Waals surface area contributed by atoms with E-state index in [0.717, 1.165) is 5.69 Å². The Morgan fingerprint density at radius 2 is 1.68 bits per heavy atom. The Morgan fingerprint density at radius 3 is 2.27 bits per heavy atom. The molecule has 1 fully saturated rings. The summed E-state index contributed by atoms with van der Waals surface area (Å²) in [6, 6.07) is 9.09.